The lowest BCUT2D eigenvalue weighted by molar-refractivity contribution is 0.0375. The van der Waals surface area contributed by atoms with Gasteiger partial charge in [0, 0.05) is 11.6 Å². The average molecular weight is 266 g/mol. The highest BCUT2D eigenvalue weighted by Crippen LogP contribution is 2.35. The normalized spacial score (nSPS) is 27.3. The molecule has 0 aromatic carbocycles. The predicted octanol–water partition coefficient (Wildman–Crippen LogP) is 3.81. The number of rotatable bonds is 6. The van der Waals surface area contributed by atoms with Crippen LogP contribution in [0.4, 0.5) is 0 Å². The highest BCUT2D eigenvalue weighted by atomic mass is 15.2. The summed E-state index contributed by atoms with van der Waals surface area (Å²) in [6, 6.07) is 0.665. The van der Waals surface area contributed by atoms with Crippen molar-refractivity contribution in [3.8, 4) is 0 Å². The Morgan fingerprint density at radius 2 is 1.74 bits per heavy atom. The van der Waals surface area contributed by atoms with Gasteiger partial charge in [-0.3, -0.25) is 4.90 Å². The van der Waals surface area contributed by atoms with Crippen LogP contribution in [-0.2, 0) is 0 Å². The molecule has 0 aromatic heterocycles. The van der Waals surface area contributed by atoms with Gasteiger partial charge in [0.15, 0.2) is 0 Å². The molecular weight excluding hydrogens is 232 g/mol. The first kappa shape index (κ1) is 15.3. The molecule has 2 unspecified atom stereocenters. The number of hydrogen-bond donors (Lipinski definition) is 1. The Bertz CT molecular complexity index is 254. The summed E-state index contributed by atoms with van der Waals surface area (Å²) in [5.74, 6) is 0.980. The van der Waals surface area contributed by atoms with Crippen molar-refractivity contribution >= 4 is 0 Å². The second-order valence-corrected chi connectivity index (χ2v) is 6.99. The number of nitrogens with one attached hydrogen (secondary N) is 1. The summed E-state index contributed by atoms with van der Waals surface area (Å²) in [6.07, 6.45) is 12.8. The maximum Gasteiger partial charge on any atom is 0.0331 e. The Morgan fingerprint density at radius 3 is 2.26 bits per heavy atom. The van der Waals surface area contributed by atoms with Gasteiger partial charge in [0.05, 0.1) is 0 Å². The molecule has 1 N–H and O–H groups in total. The SMILES string of the molecule is CCC(C)(C(CC1CCCC1)NC)N1CCCCC1. The van der Waals surface area contributed by atoms with E-state index in [9.17, 15) is 0 Å². The number of likely N-dealkylation sites (N-methyl/N-ethyl adjacent to an activating group) is 1. The van der Waals surface area contributed by atoms with Crippen LogP contribution in [0.1, 0.15) is 71.6 Å². The monoisotopic (exact) mass is 266 g/mol. The van der Waals surface area contributed by atoms with Crippen LogP contribution in [0.25, 0.3) is 0 Å². The second-order valence-electron chi connectivity index (χ2n) is 6.99. The van der Waals surface area contributed by atoms with Gasteiger partial charge in [0.1, 0.15) is 0 Å². The quantitative estimate of drug-likeness (QED) is 0.786. The van der Waals surface area contributed by atoms with Gasteiger partial charge in [-0.25, -0.2) is 0 Å². The molecule has 2 nitrogen and oxygen atoms in total. The van der Waals surface area contributed by atoms with Gasteiger partial charge in [-0.05, 0) is 58.7 Å². The second kappa shape index (κ2) is 7.08. The zero-order chi connectivity index (χ0) is 13.7. The molecule has 1 aliphatic heterocycles. The molecule has 0 amide bonds. The van der Waals surface area contributed by atoms with E-state index in [2.05, 4.69) is 31.1 Å². The number of nitrogens with zero attached hydrogens (tertiary/aromatic N) is 1. The molecule has 1 heterocycles. The van der Waals surface area contributed by atoms with Crippen molar-refractivity contribution in [2.24, 2.45) is 5.92 Å². The fourth-order valence-electron chi connectivity index (χ4n) is 4.36. The predicted molar refractivity (Wildman–Crippen MR) is 83.5 cm³/mol. The molecule has 1 saturated carbocycles. The van der Waals surface area contributed by atoms with Gasteiger partial charge in [0.2, 0.25) is 0 Å². The van der Waals surface area contributed by atoms with E-state index in [0.717, 1.165) is 5.92 Å². The van der Waals surface area contributed by atoms with Crippen LogP contribution in [0.15, 0.2) is 0 Å². The molecule has 2 rings (SSSR count). The standard InChI is InChI=1S/C17H34N2/c1-4-17(2,19-12-8-5-9-13-19)16(18-3)14-15-10-6-7-11-15/h15-16,18H,4-14H2,1-3H3. The summed E-state index contributed by atoms with van der Waals surface area (Å²) < 4.78 is 0. The third-order valence-corrected chi connectivity index (χ3v) is 5.94. The van der Waals surface area contributed by atoms with Crippen molar-refractivity contribution in [1.29, 1.82) is 0 Å². The molecule has 2 aliphatic rings. The van der Waals surface area contributed by atoms with Crippen LogP contribution < -0.4 is 5.32 Å². The summed E-state index contributed by atoms with van der Waals surface area (Å²) in [5, 5.41) is 3.68. The first-order valence-electron chi connectivity index (χ1n) is 8.63. The van der Waals surface area contributed by atoms with Gasteiger partial charge in [0.25, 0.3) is 0 Å². The molecule has 112 valence electrons. The first-order chi connectivity index (χ1) is 9.20. The minimum atomic E-state index is 0.359. The Hall–Kier alpha value is -0.0800. The zero-order valence-electron chi connectivity index (χ0n) is 13.4. The minimum Gasteiger partial charge on any atom is -0.315 e. The lowest BCUT2D eigenvalue weighted by Crippen LogP contribution is -2.60. The molecule has 0 spiro atoms. The maximum atomic E-state index is 3.68. The highest BCUT2D eigenvalue weighted by molar-refractivity contribution is 4.97. The lowest BCUT2D eigenvalue weighted by atomic mass is 9.80. The largest absolute Gasteiger partial charge is 0.315 e. The molecule has 0 aromatic rings. The Morgan fingerprint density at radius 1 is 1.11 bits per heavy atom. The summed E-state index contributed by atoms with van der Waals surface area (Å²) in [5.41, 5.74) is 0.359. The highest BCUT2D eigenvalue weighted by Gasteiger charge is 2.39. The van der Waals surface area contributed by atoms with Gasteiger partial charge >= 0.3 is 0 Å². The zero-order valence-corrected chi connectivity index (χ0v) is 13.4. The summed E-state index contributed by atoms with van der Waals surface area (Å²) in [7, 11) is 2.18. The van der Waals surface area contributed by atoms with E-state index < -0.39 is 0 Å². The topological polar surface area (TPSA) is 15.3 Å². The lowest BCUT2D eigenvalue weighted by Gasteiger charge is -2.48. The van der Waals surface area contributed by atoms with Gasteiger partial charge in [-0.1, -0.05) is 39.0 Å². The molecule has 0 radical (unpaired) electrons. The van der Waals surface area contributed by atoms with E-state index in [-0.39, 0.29) is 0 Å². The van der Waals surface area contributed by atoms with Crippen LogP contribution in [0.5, 0.6) is 0 Å². The van der Waals surface area contributed by atoms with Crippen molar-refractivity contribution in [3.63, 3.8) is 0 Å². The third kappa shape index (κ3) is 3.52. The number of piperidine rings is 1. The number of hydrogen-bond acceptors (Lipinski definition) is 2. The molecule has 2 fully saturated rings. The van der Waals surface area contributed by atoms with Crippen molar-refractivity contribution in [2.45, 2.75) is 83.2 Å². The molecule has 2 heteroatoms. The van der Waals surface area contributed by atoms with Crippen LogP contribution in [0.3, 0.4) is 0 Å². The van der Waals surface area contributed by atoms with E-state index in [4.69, 9.17) is 0 Å². The van der Waals surface area contributed by atoms with Crippen LogP contribution in [0.2, 0.25) is 0 Å². The van der Waals surface area contributed by atoms with E-state index in [1.807, 2.05) is 0 Å². The fourth-order valence-corrected chi connectivity index (χ4v) is 4.36. The summed E-state index contributed by atoms with van der Waals surface area (Å²) >= 11 is 0. The van der Waals surface area contributed by atoms with Crippen molar-refractivity contribution in [1.82, 2.24) is 10.2 Å². The molecule has 1 saturated heterocycles. The van der Waals surface area contributed by atoms with E-state index in [1.165, 1.54) is 70.9 Å². The van der Waals surface area contributed by atoms with E-state index in [0.29, 0.717) is 11.6 Å². The summed E-state index contributed by atoms with van der Waals surface area (Å²) in [6.45, 7) is 7.52. The van der Waals surface area contributed by atoms with E-state index >= 15 is 0 Å². The molecule has 1 aliphatic carbocycles. The maximum absolute atomic E-state index is 3.68. The van der Waals surface area contributed by atoms with Crippen molar-refractivity contribution in [3.05, 3.63) is 0 Å². The Labute approximate surface area is 120 Å². The summed E-state index contributed by atoms with van der Waals surface area (Å²) in [4.78, 5) is 2.78. The Kier molecular flexibility index (Phi) is 5.70. The van der Waals surface area contributed by atoms with Gasteiger partial charge in [-0.15, -0.1) is 0 Å². The van der Waals surface area contributed by atoms with Crippen LogP contribution >= 0.6 is 0 Å². The molecular formula is C17H34N2. The van der Waals surface area contributed by atoms with Crippen LogP contribution in [-0.4, -0.2) is 36.6 Å². The Balaban J connectivity index is 2.01. The molecule has 0 bridgehead atoms. The third-order valence-electron chi connectivity index (χ3n) is 5.94. The van der Waals surface area contributed by atoms with Crippen LogP contribution in [0, 0.1) is 5.92 Å². The van der Waals surface area contributed by atoms with E-state index in [1.54, 1.807) is 0 Å². The van der Waals surface area contributed by atoms with Crippen molar-refractivity contribution in [2.75, 3.05) is 20.1 Å². The average Bonchev–Trinajstić information content (AvgIpc) is 2.98. The van der Waals surface area contributed by atoms with Gasteiger partial charge < -0.3 is 5.32 Å². The number of likely N-dealkylation sites (tertiary alicyclic amines) is 1. The van der Waals surface area contributed by atoms with Crippen molar-refractivity contribution < 1.29 is 0 Å². The fraction of sp³-hybridized carbons (Fsp3) is 1.00. The molecule has 2 atom stereocenters. The smallest absolute Gasteiger partial charge is 0.0331 e. The minimum absolute atomic E-state index is 0.359. The first-order valence-corrected chi connectivity index (χ1v) is 8.63. The van der Waals surface area contributed by atoms with Gasteiger partial charge in [-0.2, -0.15) is 0 Å². The molecule has 19 heavy (non-hydrogen) atoms.